The Kier molecular flexibility index (Phi) is 25.6. The minimum atomic E-state index is -0.0236. The molecule has 0 saturated heterocycles. The van der Waals surface area contributed by atoms with Crippen LogP contribution in [0.5, 0.6) is 0 Å². The maximum absolute atomic E-state index is 11.3. The first-order chi connectivity index (χ1) is 11.3. The summed E-state index contributed by atoms with van der Waals surface area (Å²) >= 11 is 0. The van der Waals surface area contributed by atoms with E-state index in [2.05, 4.69) is 19.1 Å². The molecule has 0 saturated carbocycles. The Balaban J connectivity index is 0. The Bertz CT molecular complexity index is 277. The van der Waals surface area contributed by atoms with Gasteiger partial charge in [0.05, 0.1) is 6.61 Å². The molecule has 0 bridgehead atoms. The van der Waals surface area contributed by atoms with Gasteiger partial charge in [0, 0.05) is 36.0 Å². The van der Waals surface area contributed by atoms with Gasteiger partial charge in [0.15, 0.2) is 0 Å². The molecule has 0 heterocycles. The van der Waals surface area contributed by atoms with Crippen molar-refractivity contribution in [1.29, 1.82) is 0 Å². The van der Waals surface area contributed by atoms with Crippen molar-refractivity contribution < 1.29 is 9.53 Å². The summed E-state index contributed by atoms with van der Waals surface area (Å²) in [4.78, 5) is 11.3. The van der Waals surface area contributed by atoms with E-state index in [0.29, 0.717) is 13.0 Å². The molecule has 1 radical (unpaired) electrons. The number of ether oxygens (including phenoxy) is 1. The number of hydrogen-bond donors (Lipinski definition) is 0. The van der Waals surface area contributed by atoms with Crippen LogP contribution in [-0.2, 0) is 9.53 Å². The fourth-order valence-electron chi connectivity index (χ4n) is 2.63. The summed E-state index contributed by atoms with van der Waals surface area (Å²) in [6, 6.07) is 0. The summed E-state index contributed by atoms with van der Waals surface area (Å²) in [5.74, 6) is -0.0236. The number of esters is 1. The minimum Gasteiger partial charge on any atom is -0.466 e. The summed E-state index contributed by atoms with van der Waals surface area (Å²) in [6.07, 6.45) is 23.0. The third kappa shape index (κ3) is 22.2. The molecule has 0 aromatic rings. The molecule has 137 valence electrons. The molecule has 0 aliphatic heterocycles. The van der Waals surface area contributed by atoms with Gasteiger partial charge in [-0.3, -0.25) is 4.79 Å². The van der Waals surface area contributed by atoms with E-state index in [4.69, 9.17) is 4.74 Å². The first-order valence-corrected chi connectivity index (χ1v) is 10.1. The SMILES string of the molecule is CCCCCCCC/C=C\CCCCCCCC(=O)OCCC.[Na]. The summed E-state index contributed by atoms with van der Waals surface area (Å²) in [6.45, 7) is 4.86. The van der Waals surface area contributed by atoms with Crippen LogP contribution < -0.4 is 0 Å². The molecule has 24 heavy (non-hydrogen) atoms. The minimum absolute atomic E-state index is 0. The Hall–Kier alpha value is 0.210. The van der Waals surface area contributed by atoms with Gasteiger partial charge in [-0.2, -0.15) is 0 Å². The van der Waals surface area contributed by atoms with E-state index in [1.807, 2.05) is 6.92 Å². The normalized spacial score (nSPS) is 10.8. The first kappa shape index (κ1) is 26.4. The topological polar surface area (TPSA) is 26.3 Å². The summed E-state index contributed by atoms with van der Waals surface area (Å²) in [5.41, 5.74) is 0. The zero-order valence-corrected chi connectivity index (χ0v) is 18.8. The Morgan fingerprint density at radius 3 is 1.75 bits per heavy atom. The van der Waals surface area contributed by atoms with Crippen LogP contribution in [0.25, 0.3) is 0 Å². The third-order valence-electron chi connectivity index (χ3n) is 4.11. The van der Waals surface area contributed by atoms with Crippen LogP contribution in [0, 0.1) is 0 Å². The largest absolute Gasteiger partial charge is 0.466 e. The molecule has 0 N–H and O–H groups in total. The van der Waals surface area contributed by atoms with Gasteiger partial charge in [-0.1, -0.05) is 77.4 Å². The fraction of sp³-hybridized carbons (Fsp3) is 0.857. The van der Waals surface area contributed by atoms with Crippen LogP contribution in [0.15, 0.2) is 12.2 Å². The van der Waals surface area contributed by atoms with E-state index in [0.717, 1.165) is 19.3 Å². The number of carbonyl (C=O) groups is 1. The molecular weight excluding hydrogens is 307 g/mol. The van der Waals surface area contributed by atoms with Gasteiger partial charge >= 0.3 is 5.97 Å². The average molecular weight is 348 g/mol. The molecule has 0 unspecified atom stereocenters. The second kappa shape index (κ2) is 23.2. The summed E-state index contributed by atoms with van der Waals surface area (Å²) in [5, 5.41) is 0. The molecule has 0 aromatic carbocycles. The Morgan fingerprint density at radius 1 is 0.708 bits per heavy atom. The summed E-state index contributed by atoms with van der Waals surface area (Å²) < 4.78 is 5.06. The van der Waals surface area contributed by atoms with Crippen LogP contribution in [0.1, 0.15) is 110 Å². The van der Waals surface area contributed by atoms with Crippen molar-refractivity contribution in [3.8, 4) is 0 Å². The smallest absolute Gasteiger partial charge is 0.305 e. The summed E-state index contributed by atoms with van der Waals surface area (Å²) in [7, 11) is 0. The zero-order valence-electron chi connectivity index (χ0n) is 16.8. The fourth-order valence-corrected chi connectivity index (χ4v) is 2.63. The van der Waals surface area contributed by atoms with Crippen molar-refractivity contribution in [2.75, 3.05) is 6.61 Å². The maximum atomic E-state index is 11.3. The average Bonchev–Trinajstić information content (AvgIpc) is 2.56. The van der Waals surface area contributed by atoms with Crippen molar-refractivity contribution in [2.45, 2.75) is 110 Å². The Morgan fingerprint density at radius 2 is 1.21 bits per heavy atom. The van der Waals surface area contributed by atoms with E-state index >= 15 is 0 Å². The molecule has 0 spiro atoms. The molecule has 0 atom stereocenters. The molecule has 3 heteroatoms. The number of unbranched alkanes of at least 4 members (excludes halogenated alkanes) is 11. The predicted molar refractivity (Wildman–Crippen MR) is 106 cm³/mol. The van der Waals surface area contributed by atoms with Crippen molar-refractivity contribution in [1.82, 2.24) is 0 Å². The van der Waals surface area contributed by atoms with Crippen molar-refractivity contribution >= 4 is 35.5 Å². The zero-order chi connectivity index (χ0) is 17.0. The van der Waals surface area contributed by atoms with E-state index in [-0.39, 0.29) is 35.5 Å². The van der Waals surface area contributed by atoms with Crippen LogP contribution in [0.2, 0.25) is 0 Å². The standard InChI is InChI=1S/C21H40O2.Na/c1-3-5-6-7-8-9-10-11-12-13-14-15-16-17-18-19-21(22)23-20-4-2;/h11-12H,3-10,13-20H2,1-2H3;/b12-11-;. The second-order valence-electron chi connectivity index (χ2n) is 6.55. The number of hydrogen-bond acceptors (Lipinski definition) is 2. The first-order valence-electron chi connectivity index (χ1n) is 10.1. The molecule has 0 amide bonds. The van der Waals surface area contributed by atoms with Crippen LogP contribution >= 0.6 is 0 Å². The second-order valence-corrected chi connectivity index (χ2v) is 6.55. The number of rotatable bonds is 17. The van der Waals surface area contributed by atoms with E-state index in [1.165, 1.54) is 70.6 Å². The van der Waals surface area contributed by atoms with Gasteiger partial charge in [-0.25, -0.2) is 0 Å². The maximum Gasteiger partial charge on any atom is 0.305 e. The van der Waals surface area contributed by atoms with Crippen molar-refractivity contribution in [2.24, 2.45) is 0 Å². The quantitative estimate of drug-likeness (QED) is 0.128. The number of carbonyl (C=O) groups excluding carboxylic acids is 1. The molecule has 0 aromatic heterocycles. The van der Waals surface area contributed by atoms with Gasteiger partial charge in [0.2, 0.25) is 0 Å². The molecule has 0 rings (SSSR count). The van der Waals surface area contributed by atoms with Crippen molar-refractivity contribution in [3.63, 3.8) is 0 Å². The van der Waals surface area contributed by atoms with Crippen LogP contribution in [-0.4, -0.2) is 42.1 Å². The molecule has 2 nitrogen and oxygen atoms in total. The van der Waals surface area contributed by atoms with Crippen molar-refractivity contribution in [3.05, 3.63) is 12.2 Å². The van der Waals surface area contributed by atoms with Crippen LogP contribution in [0.4, 0.5) is 0 Å². The monoisotopic (exact) mass is 347 g/mol. The van der Waals surface area contributed by atoms with Gasteiger partial charge in [-0.15, -0.1) is 0 Å². The van der Waals surface area contributed by atoms with Crippen LogP contribution in [0.3, 0.4) is 0 Å². The third-order valence-corrected chi connectivity index (χ3v) is 4.11. The van der Waals surface area contributed by atoms with E-state index in [1.54, 1.807) is 0 Å². The van der Waals surface area contributed by atoms with Gasteiger partial charge in [-0.05, 0) is 38.5 Å². The molecule has 0 fully saturated rings. The van der Waals surface area contributed by atoms with Gasteiger partial charge in [0.25, 0.3) is 0 Å². The van der Waals surface area contributed by atoms with Gasteiger partial charge in [0.1, 0.15) is 0 Å². The van der Waals surface area contributed by atoms with Gasteiger partial charge < -0.3 is 4.74 Å². The Labute approximate surface area is 173 Å². The molecule has 0 aliphatic rings. The number of allylic oxidation sites excluding steroid dienone is 2. The van der Waals surface area contributed by atoms with E-state index in [9.17, 15) is 4.79 Å². The van der Waals surface area contributed by atoms with E-state index < -0.39 is 0 Å². The predicted octanol–water partition coefficient (Wildman–Crippen LogP) is 6.60. The molecule has 0 aliphatic carbocycles. The molecular formula is C21H40NaO2.